The minimum Gasteiger partial charge on any atom is -0.490 e. The van der Waals surface area contributed by atoms with E-state index in [1.54, 1.807) is 11.3 Å². The molecule has 0 fully saturated rings. The smallest absolute Gasteiger partial charge is 0.408 e. The molecule has 0 aliphatic heterocycles. The number of fused-ring (bicyclic) bond motifs is 1. The first-order valence-corrected chi connectivity index (χ1v) is 12.7. The van der Waals surface area contributed by atoms with Crippen LogP contribution in [0.4, 0.5) is 4.79 Å². The van der Waals surface area contributed by atoms with Gasteiger partial charge in [-0.05, 0) is 88.8 Å². The number of rotatable bonds is 5. The number of carbonyl (C=O) groups excluding carboxylic acids is 1. The zero-order valence-corrected chi connectivity index (χ0v) is 21.7. The van der Waals surface area contributed by atoms with Crippen LogP contribution >= 0.6 is 11.3 Å². The summed E-state index contributed by atoms with van der Waals surface area (Å²) in [6.07, 6.45) is 4.32. The first kappa shape index (κ1) is 24.7. The van der Waals surface area contributed by atoms with Gasteiger partial charge in [0, 0.05) is 11.8 Å². The first-order chi connectivity index (χ1) is 16.6. The SMILES string of the molecule is CC(C)Oc1ccc(-c2ncc(-c3cccc4c3CCC[C@@H]4NC(=O)OC(C)(C)C)s2)cc1C#N. The van der Waals surface area contributed by atoms with Crippen molar-refractivity contribution >= 4 is 17.4 Å². The van der Waals surface area contributed by atoms with E-state index in [0.29, 0.717) is 11.3 Å². The van der Waals surface area contributed by atoms with Gasteiger partial charge in [0.1, 0.15) is 22.4 Å². The molecule has 1 aliphatic carbocycles. The molecule has 1 amide bonds. The van der Waals surface area contributed by atoms with Crippen LogP contribution in [0.1, 0.15) is 70.2 Å². The molecular weight excluding hydrogens is 458 g/mol. The molecule has 1 atom stereocenters. The van der Waals surface area contributed by atoms with Gasteiger partial charge in [-0.15, -0.1) is 11.3 Å². The summed E-state index contributed by atoms with van der Waals surface area (Å²) < 4.78 is 11.2. The average Bonchev–Trinajstić information content (AvgIpc) is 3.27. The lowest BCUT2D eigenvalue weighted by Crippen LogP contribution is -2.36. The highest BCUT2D eigenvalue weighted by Gasteiger charge is 2.26. The summed E-state index contributed by atoms with van der Waals surface area (Å²) in [5.74, 6) is 0.587. The number of amides is 1. The highest BCUT2D eigenvalue weighted by Crippen LogP contribution is 2.40. The number of hydrogen-bond donors (Lipinski definition) is 1. The number of nitrogens with zero attached hydrogens (tertiary/aromatic N) is 2. The Kier molecular flexibility index (Phi) is 7.13. The third-order valence-corrected chi connectivity index (χ3v) is 6.76. The van der Waals surface area contributed by atoms with E-state index in [1.807, 2.05) is 65.1 Å². The van der Waals surface area contributed by atoms with Crippen LogP contribution in [0.25, 0.3) is 21.0 Å². The number of hydrogen-bond acceptors (Lipinski definition) is 6. The number of thiazole rings is 1. The minimum atomic E-state index is -0.535. The van der Waals surface area contributed by atoms with Gasteiger partial charge < -0.3 is 14.8 Å². The Bertz CT molecular complexity index is 1270. The van der Waals surface area contributed by atoms with E-state index in [1.165, 1.54) is 5.56 Å². The Morgan fingerprint density at radius 3 is 2.77 bits per heavy atom. The molecule has 0 saturated heterocycles. The molecule has 1 aliphatic rings. The molecule has 1 heterocycles. The fourth-order valence-electron chi connectivity index (χ4n) is 4.32. The summed E-state index contributed by atoms with van der Waals surface area (Å²) >= 11 is 1.60. The molecule has 3 aromatic rings. The van der Waals surface area contributed by atoms with Gasteiger partial charge in [-0.25, -0.2) is 9.78 Å². The first-order valence-electron chi connectivity index (χ1n) is 11.9. The topological polar surface area (TPSA) is 84.2 Å². The highest BCUT2D eigenvalue weighted by atomic mass is 32.1. The van der Waals surface area contributed by atoms with Crippen LogP contribution in [0.5, 0.6) is 5.75 Å². The second-order valence-corrected chi connectivity index (χ2v) is 11.0. The molecule has 0 saturated carbocycles. The number of carbonyl (C=O) groups is 1. The van der Waals surface area contributed by atoms with Crippen molar-refractivity contribution in [1.29, 1.82) is 5.26 Å². The highest BCUT2D eigenvalue weighted by molar-refractivity contribution is 7.18. The largest absolute Gasteiger partial charge is 0.490 e. The maximum atomic E-state index is 12.4. The number of aromatic nitrogens is 1. The summed E-state index contributed by atoms with van der Waals surface area (Å²) in [5, 5.41) is 13.5. The third-order valence-electron chi connectivity index (χ3n) is 5.68. The Labute approximate surface area is 210 Å². The van der Waals surface area contributed by atoms with E-state index in [0.717, 1.165) is 45.8 Å². The van der Waals surface area contributed by atoms with Gasteiger partial charge >= 0.3 is 6.09 Å². The molecule has 0 spiro atoms. The lowest BCUT2D eigenvalue weighted by molar-refractivity contribution is 0.0498. The summed E-state index contributed by atoms with van der Waals surface area (Å²) in [6.45, 7) is 9.48. The van der Waals surface area contributed by atoms with E-state index < -0.39 is 5.60 Å². The van der Waals surface area contributed by atoms with E-state index in [2.05, 4.69) is 28.5 Å². The van der Waals surface area contributed by atoms with E-state index in [4.69, 9.17) is 9.47 Å². The van der Waals surface area contributed by atoms with Crippen LogP contribution in [0.2, 0.25) is 0 Å². The monoisotopic (exact) mass is 489 g/mol. The van der Waals surface area contributed by atoms with E-state index in [-0.39, 0.29) is 18.2 Å². The normalized spacial score (nSPS) is 15.3. The quantitative estimate of drug-likeness (QED) is 0.415. The number of nitriles is 1. The van der Waals surface area contributed by atoms with Crippen LogP contribution in [-0.4, -0.2) is 22.8 Å². The summed E-state index contributed by atoms with van der Waals surface area (Å²) in [5.41, 5.74) is 4.38. The van der Waals surface area contributed by atoms with Gasteiger partial charge in [0.05, 0.1) is 22.6 Å². The molecule has 0 unspecified atom stereocenters. The molecule has 2 aromatic carbocycles. The fourth-order valence-corrected chi connectivity index (χ4v) is 5.28. The lowest BCUT2D eigenvalue weighted by atomic mass is 9.84. The zero-order chi connectivity index (χ0) is 25.2. The molecule has 7 heteroatoms. The molecule has 0 radical (unpaired) electrons. The van der Waals surface area contributed by atoms with Crippen molar-refractivity contribution in [3.63, 3.8) is 0 Å². The van der Waals surface area contributed by atoms with Gasteiger partial charge in [-0.2, -0.15) is 5.26 Å². The van der Waals surface area contributed by atoms with E-state index >= 15 is 0 Å². The Morgan fingerprint density at radius 1 is 1.26 bits per heavy atom. The summed E-state index contributed by atoms with van der Waals surface area (Å²) in [4.78, 5) is 18.1. The third kappa shape index (κ3) is 5.83. The van der Waals surface area contributed by atoms with Crippen molar-refractivity contribution < 1.29 is 14.3 Å². The van der Waals surface area contributed by atoms with Gasteiger partial charge in [-0.3, -0.25) is 0 Å². The standard InChI is InChI=1S/C28H31N3O3S/c1-17(2)33-24-13-12-18(14-19(24)15-29)26-30-16-25(35-26)22-10-6-9-21-20(22)8-7-11-23(21)31-27(32)34-28(3,4)5/h6,9-10,12-14,16-17,23H,7-8,11H2,1-5H3,(H,31,32)/t23-/m0/s1. The number of benzene rings is 2. The summed E-state index contributed by atoms with van der Waals surface area (Å²) in [6, 6.07) is 14.0. The van der Waals surface area contributed by atoms with Crippen LogP contribution in [-0.2, 0) is 11.2 Å². The Balaban J connectivity index is 1.61. The minimum absolute atomic E-state index is 0.00249. The molecule has 182 valence electrons. The van der Waals surface area contributed by atoms with Crippen molar-refractivity contribution in [2.45, 2.75) is 71.6 Å². The maximum absolute atomic E-state index is 12.4. The Hall–Kier alpha value is -3.37. The second-order valence-electron chi connectivity index (χ2n) is 9.98. The molecular formula is C28H31N3O3S. The van der Waals surface area contributed by atoms with Crippen LogP contribution in [0.3, 0.4) is 0 Å². The van der Waals surface area contributed by atoms with Crippen molar-refractivity contribution in [3.8, 4) is 32.8 Å². The molecule has 6 nitrogen and oxygen atoms in total. The molecule has 35 heavy (non-hydrogen) atoms. The molecule has 1 aromatic heterocycles. The van der Waals surface area contributed by atoms with Crippen molar-refractivity contribution in [3.05, 3.63) is 59.3 Å². The number of alkyl carbamates (subject to hydrolysis) is 1. The second kappa shape index (κ2) is 10.1. The predicted molar refractivity (Wildman–Crippen MR) is 139 cm³/mol. The summed E-state index contributed by atoms with van der Waals surface area (Å²) in [7, 11) is 0. The molecule has 1 N–H and O–H groups in total. The predicted octanol–water partition coefficient (Wildman–Crippen LogP) is 7.04. The van der Waals surface area contributed by atoms with Crippen molar-refractivity contribution in [2.24, 2.45) is 0 Å². The van der Waals surface area contributed by atoms with Crippen LogP contribution in [0, 0.1) is 11.3 Å². The number of ether oxygens (including phenoxy) is 2. The van der Waals surface area contributed by atoms with Gasteiger partial charge in [0.15, 0.2) is 0 Å². The van der Waals surface area contributed by atoms with Crippen molar-refractivity contribution in [1.82, 2.24) is 10.3 Å². The van der Waals surface area contributed by atoms with Gasteiger partial charge in [0.25, 0.3) is 0 Å². The van der Waals surface area contributed by atoms with Gasteiger partial charge in [0.2, 0.25) is 0 Å². The van der Waals surface area contributed by atoms with Crippen LogP contribution in [0.15, 0.2) is 42.6 Å². The van der Waals surface area contributed by atoms with Crippen LogP contribution < -0.4 is 10.1 Å². The number of nitrogens with one attached hydrogen (secondary N) is 1. The maximum Gasteiger partial charge on any atom is 0.408 e. The average molecular weight is 490 g/mol. The Morgan fingerprint density at radius 2 is 2.06 bits per heavy atom. The lowest BCUT2D eigenvalue weighted by Gasteiger charge is -2.29. The molecule has 0 bridgehead atoms. The molecule has 4 rings (SSSR count). The van der Waals surface area contributed by atoms with Crippen molar-refractivity contribution in [2.75, 3.05) is 0 Å². The van der Waals surface area contributed by atoms with Gasteiger partial charge in [-0.1, -0.05) is 18.2 Å². The van der Waals surface area contributed by atoms with E-state index in [9.17, 15) is 10.1 Å². The fraction of sp³-hybridized carbons (Fsp3) is 0.393. The zero-order valence-electron chi connectivity index (χ0n) is 20.8.